The Bertz CT molecular complexity index is 924. The quantitative estimate of drug-likeness (QED) is 0.776. The van der Waals surface area contributed by atoms with Crippen LogP contribution in [0.5, 0.6) is 0 Å². The highest BCUT2D eigenvalue weighted by molar-refractivity contribution is 5.85. The van der Waals surface area contributed by atoms with Crippen molar-refractivity contribution in [2.45, 2.75) is 12.5 Å². The molecule has 2 aromatic carbocycles. The predicted molar refractivity (Wildman–Crippen MR) is 84.4 cm³/mol. The summed E-state index contributed by atoms with van der Waals surface area (Å²) in [6.07, 6.45) is 0. The average Bonchev–Trinajstić information content (AvgIpc) is 3.06. The molecule has 1 aliphatic carbocycles. The van der Waals surface area contributed by atoms with Crippen LogP contribution in [-0.2, 0) is 5.60 Å². The Kier molecular flexibility index (Phi) is 2.74. The summed E-state index contributed by atoms with van der Waals surface area (Å²) in [6.45, 7) is 1.95. The molecule has 0 amide bonds. The van der Waals surface area contributed by atoms with E-state index >= 15 is 0 Å². The van der Waals surface area contributed by atoms with Crippen molar-refractivity contribution in [2.24, 2.45) is 0 Å². The first-order valence-electron chi connectivity index (χ1n) is 7.29. The molecule has 0 saturated carbocycles. The number of aryl methyl sites for hydroxylation is 1. The number of aromatic carboxylic acids is 1. The van der Waals surface area contributed by atoms with E-state index in [1.807, 2.05) is 49.4 Å². The van der Waals surface area contributed by atoms with Gasteiger partial charge in [0.15, 0.2) is 5.60 Å². The van der Waals surface area contributed by atoms with E-state index in [9.17, 15) is 9.90 Å². The summed E-state index contributed by atoms with van der Waals surface area (Å²) in [4.78, 5) is 11.0. The molecule has 1 aromatic heterocycles. The molecule has 0 radical (unpaired) electrons. The van der Waals surface area contributed by atoms with Crippen molar-refractivity contribution in [1.82, 2.24) is 0 Å². The number of carbonyl (C=O) groups is 1. The van der Waals surface area contributed by atoms with E-state index in [1.54, 1.807) is 0 Å². The fourth-order valence-corrected chi connectivity index (χ4v) is 3.40. The minimum Gasteiger partial charge on any atom is -0.475 e. The summed E-state index contributed by atoms with van der Waals surface area (Å²) in [5.74, 6) is -1.09. The second kappa shape index (κ2) is 4.57. The highest BCUT2D eigenvalue weighted by Crippen LogP contribution is 2.53. The lowest BCUT2D eigenvalue weighted by Crippen LogP contribution is -2.39. The molecule has 0 spiro atoms. The largest absolute Gasteiger partial charge is 0.475 e. The van der Waals surface area contributed by atoms with Crippen molar-refractivity contribution in [3.05, 3.63) is 82.8 Å². The van der Waals surface area contributed by atoms with E-state index in [0.29, 0.717) is 0 Å². The number of fused-ring (bicyclic) bond motifs is 2. The van der Waals surface area contributed by atoms with Gasteiger partial charge in [-0.05, 0) is 41.3 Å². The molecule has 23 heavy (non-hydrogen) atoms. The average molecular weight is 306 g/mol. The van der Waals surface area contributed by atoms with Gasteiger partial charge >= 0.3 is 5.97 Å². The topological polar surface area (TPSA) is 70.7 Å². The van der Waals surface area contributed by atoms with Gasteiger partial charge in [0.05, 0.1) is 0 Å². The van der Waals surface area contributed by atoms with E-state index < -0.39 is 11.6 Å². The van der Waals surface area contributed by atoms with E-state index in [-0.39, 0.29) is 11.5 Å². The van der Waals surface area contributed by atoms with Crippen molar-refractivity contribution in [2.75, 3.05) is 0 Å². The van der Waals surface area contributed by atoms with Gasteiger partial charge in [0.1, 0.15) is 5.76 Å². The molecule has 4 heteroatoms. The van der Waals surface area contributed by atoms with Gasteiger partial charge in [-0.25, -0.2) is 4.79 Å². The Morgan fingerprint density at radius 1 is 1.04 bits per heavy atom. The maximum atomic E-state index is 11.2. The third-order valence-corrected chi connectivity index (χ3v) is 4.47. The molecule has 0 aliphatic heterocycles. The lowest BCUT2D eigenvalue weighted by atomic mass is 9.66. The third-order valence-electron chi connectivity index (χ3n) is 4.47. The Morgan fingerprint density at radius 3 is 2.39 bits per heavy atom. The van der Waals surface area contributed by atoms with E-state index in [0.717, 1.165) is 27.8 Å². The lowest BCUT2D eigenvalue weighted by molar-refractivity contribution is 0.0616. The highest BCUT2D eigenvalue weighted by Gasteiger charge is 2.49. The number of hydrogen-bond acceptors (Lipinski definition) is 3. The van der Waals surface area contributed by atoms with Crippen LogP contribution in [0, 0.1) is 6.92 Å². The maximum Gasteiger partial charge on any atom is 0.371 e. The molecule has 114 valence electrons. The van der Waals surface area contributed by atoms with Crippen molar-refractivity contribution in [3.63, 3.8) is 0 Å². The normalized spacial score (nSPS) is 18.5. The van der Waals surface area contributed by atoms with Crippen LogP contribution in [0.15, 0.2) is 59.0 Å². The number of carboxylic acid groups (broad SMARTS) is 1. The van der Waals surface area contributed by atoms with Crippen molar-refractivity contribution >= 4 is 5.97 Å². The van der Waals surface area contributed by atoms with E-state index in [4.69, 9.17) is 9.52 Å². The highest BCUT2D eigenvalue weighted by atomic mass is 16.4. The van der Waals surface area contributed by atoms with Gasteiger partial charge in [-0.3, -0.25) is 0 Å². The van der Waals surface area contributed by atoms with Crippen LogP contribution >= 0.6 is 0 Å². The van der Waals surface area contributed by atoms with Crippen LogP contribution in [-0.4, -0.2) is 16.2 Å². The molecule has 3 aromatic rings. The number of aliphatic hydroxyl groups is 1. The number of hydrogen-bond donors (Lipinski definition) is 2. The smallest absolute Gasteiger partial charge is 0.371 e. The second-order valence-corrected chi connectivity index (χ2v) is 5.71. The molecular weight excluding hydrogens is 292 g/mol. The molecule has 1 atom stereocenters. The number of rotatable bonds is 3. The number of furan rings is 1. The number of carboxylic acids is 1. The molecule has 0 fully saturated rings. The van der Waals surface area contributed by atoms with Gasteiger partial charge in [-0.2, -0.15) is 0 Å². The van der Waals surface area contributed by atoms with Crippen molar-refractivity contribution < 1.29 is 19.4 Å². The summed E-state index contributed by atoms with van der Waals surface area (Å²) in [5, 5.41) is 20.2. The number of benzene rings is 2. The summed E-state index contributed by atoms with van der Waals surface area (Å²) in [7, 11) is 0. The molecule has 1 aliphatic rings. The summed E-state index contributed by atoms with van der Waals surface area (Å²) in [5.41, 5.74) is 3.07. The lowest BCUT2D eigenvalue weighted by Gasteiger charge is -2.41. The molecule has 2 N–H and O–H groups in total. The molecule has 0 saturated heterocycles. The first-order valence-corrected chi connectivity index (χ1v) is 7.29. The Hall–Kier alpha value is -2.85. The third kappa shape index (κ3) is 1.72. The van der Waals surface area contributed by atoms with Crippen LogP contribution < -0.4 is 0 Å². The zero-order valence-corrected chi connectivity index (χ0v) is 12.4. The summed E-state index contributed by atoms with van der Waals surface area (Å²) < 4.78 is 5.37. The summed E-state index contributed by atoms with van der Waals surface area (Å²) >= 11 is 0. The SMILES string of the molecule is Cc1c2ccc(-c3ccccc3)c1C2(O)c1ccc(C(=O)O)o1. The second-order valence-electron chi connectivity index (χ2n) is 5.71. The molecule has 4 nitrogen and oxygen atoms in total. The zero-order chi connectivity index (χ0) is 16.2. The van der Waals surface area contributed by atoms with Crippen LogP contribution in [0.2, 0.25) is 0 Å². The molecular formula is C19H14O4. The van der Waals surface area contributed by atoms with Crippen molar-refractivity contribution in [3.8, 4) is 11.1 Å². The first kappa shape index (κ1) is 13.8. The Morgan fingerprint density at radius 2 is 1.78 bits per heavy atom. The summed E-state index contributed by atoms with van der Waals surface area (Å²) in [6, 6.07) is 16.5. The van der Waals surface area contributed by atoms with E-state index in [2.05, 4.69) is 0 Å². The monoisotopic (exact) mass is 306 g/mol. The van der Waals surface area contributed by atoms with Crippen LogP contribution in [0.25, 0.3) is 11.1 Å². The standard InChI is InChI=1S/C19H14O4/c1-11-14-8-7-13(12-5-3-2-4-6-12)17(11)19(14,22)16-10-9-15(23-16)18(20)21/h2-10,22H,1H3,(H,20,21). The van der Waals surface area contributed by atoms with E-state index in [1.165, 1.54) is 12.1 Å². The minimum absolute atomic E-state index is 0.178. The van der Waals surface area contributed by atoms with Gasteiger partial charge in [0.2, 0.25) is 5.76 Å². The molecule has 1 heterocycles. The van der Waals surface area contributed by atoms with Gasteiger partial charge in [-0.1, -0.05) is 42.5 Å². The Labute approximate surface area is 132 Å². The fraction of sp³-hybridized carbons (Fsp3) is 0.105. The first-order chi connectivity index (χ1) is 11.0. The fourth-order valence-electron chi connectivity index (χ4n) is 3.40. The van der Waals surface area contributed by atoms with Crippen LogP contribution in [0.4, 0.5) is 0 Å². The minimum atomic E-state index is -1.38. The van der Waals surface area contributed by atoms with Gasteiger partial charge in [0.25, 0.3) is 0 Å². The zero-order valence-electron chi connectivity index (χ0n) is 12.4. The van der Waals surface area contributed by atoms with Gasteiger partial charge in [0, 0.05) is 5.56 Å². The molecule has 2 bridgehead atoms. The van der Waals surface area contributed by atoms with Gasteiger partial charge < -0.3 is 14.6 Å². The van der Waals surface area contributed by atoms with Gasteiger partial charge in [-0.15, -0.1) is 0 Å². The Balaban J connectivity index is 1.88. The molecule has 1 unspecified atom stereocenters. The maximum absolute atomic E-state index is 11.2. The van der Waals surface area contributed by atoms with Crippen molar-refractivity contribution in [1.29, 1.82) is 0 Å². The van der Waals surface area contributed by atoms with Crippen LogP contribution in [0.1, 0.15) is 33.0 Å². The molecule has 4 rings (SSSR count). The van der Waals surface area contributed by atoms with Crippen LogP contribution in [0.3, 0.4) is 0 Å². The predicted octanol–water partition coefficient (Wildman–Crippen LogP) is 3.55.